The van der Waals surface area contributed by atoms with Crippen molar-refractivity contribution in [2.75, 3.05) is 13.7 Å². The fourth-order valence-corrected chi connectivity index (χ4v) is 3.17. The van der Waals surface area contributed by atoms with Crippen molar-refractivity contribution in [3.63, 3.8) is 0 Å². The van der Waals surface area contributed by atoms with E-state index in [4.69, 9.17) is 9.47 Å². The van der Waals surface area contributed by atoms with Gasteiger partial charge in [0, 0.05) is 13.0 Å². The van der Waals surface area contributed by atoms with Crippen molar-refractivity contribution in [1.29, 1.82) is 0 Å². The summed E-state index contributed by atoms with van der Waals surface area (Å²) >= 11 is 0. The molecule has 0 aromatic heterocycles. The zero-order valence-electron chi connectivity index (χ0n) is 15.1. The molecule has 1 heterocycles. The molecule has 2 aromatic carbocycles. The molecule has 1 saturated heterocycles. The molecule has 2 aromatic rings. The molecular formula is C21H23NO4. The molecule has 1 amide bonds. The summed E-state index contributed by atoms with van der Waals surface area (Å²) in [4.78, 5) is 26.5. The molecule has 0 aliphatic carbocycles. The van der Waals surface area contributed by atoms with Crippen molar-refractivity contribution in [3.8, 4) is 5.75 Å². The quantitative estimate of drug-likeness (QED) is 0.748. The second-order valence-electron chi connectivity index (χ2n) is 6.49. The molecule has 0 radical (unpaired) electrons. The second kappa shape index (κ2) is 8.04. The highest BCUT2D eigenvalue weighted by Crippen LogP contribution is 2.30. The summed E-state index contributed by atoms with van der Waals surface area (Å²) in [6.07, 6.45) is 0.202. The third kappa shape index (κ3) is 4.04. The van der Waals surface area contributed by atoms with Crippen molar-refractivity contribution < 1.29 is 19.1 Å². The maximum absolute atomic E-state index is 12.4. The van der Waals surface area contributed by atoms with E-state index in [1.807, 2.05) is 61.5 Å². The minimum Gasteiger partial charge on any atom is -0.497 e. The van der Waals surface area contributed by atoms with Gasteiger partial charge in [0.25, 0.3) is 0 Å². The van der Waals surface area contributed by atoms with Crippen LogP contribution >= 0.6 is 0 Å². The number of methoxy groups -OCH3 is 1. The van der Waals surface area contributed by atoms with Gasteiger partial charge in [0.1, 0.15) is 12.4 Å². The summed E-state index contributed by atoms with van der Waals surface area (Å²) in [6, 6.07) is 17.1. The maximum Gasteiger partial charge on any atom is 0.311 e. The van der Waals surface area contributed by atoms with E-state index in [2.05, 4.69) is 0 Å². The summed E-state index contributed by atoms with van der Waals surface area (Å²) in [6.45, 7) is 2.59. The Hall–Kier alpha value is -2.82. The highest BCUT2D eigenvalue weighted by molar-refractivity contribution is 5.87. The van der Waals surface area contributed by atoms with E-state index in [1.54, 1.807) is 12.0 Å². The van der Waals surface area contributed by atoms with Crippen LogP contribution in [0.15, 0.2) is 54.6 Å². The Bertz CT molecular complexity index is 757. The Morgan fingerprint density at radius 2 is 1.85 bits per heavy atom. The average molecular weight is 353 g/mol. The van der Waals surface area contributed by atoms with Crippen LogP contribution < -0.4 is 4.74 Å². The van der Waals surface area contributed by atoms with Crippen LogP contribution in [0.3, 0.4) is 0 Å². The van der Waals surface area contributed by atoms with Gasteiger partial charge in [0.2, 0.25) is 5.91 Å². The fourth-order valence-electron chi connectivity index (χ4n) is 3.17. The van der Waals surface area contributed by atoms with E-state index in [9.17, 15) is 9.59 Å². The number of carbonyl (C=O) groups is 2. The van der Waals surface area contributed by atoms with Gasteiger partial charge < -0.3 is 14.4 Å². The van der Waals surface area contributed by atoms with Crippen LogP contribution in [0.25, 0.3) is 0 Å². The van der Waals surface area contributed by atoms with E-state index in [1.165, 1.54) is 0 Å². The van der Waals surface area contributed by atoms with Gasteiger partial charge in [-0.1, -0.05) is 42.5 Å². The number of rotatable bonds is 6. The van der Waals surface area contributed by atoms with Gasteiger partial charge in [-0.05, 0) is 30.2 Å². The molecule has 26 heavy (non-hydrogen) atoms. The molecule has 5 heteroatoms. The Morgan fingerprint density at radius 1 is 1.15 bits per heavy atom. The maximum atomic E-state index is 12.4. The van der Waals surface area contributed by atoms with Gasteiger partial charge in [0.15, 0.2) is 0 Å². The van der Waals surface area contributed by atoms with Gasteiger partial charge in [-0.2, -0.15) is 0 Å². The third-order valence-corrected chi connectivity index (χ3v) is 4.78. The number of amides is 1. The number of hydrogen-bond acceptors (Lipinski definition) is 4. The summed E-state index contributed by atoms with van der Waals surface area (Å²) < 4.78 is 10.6. The number of benzene rings is 2. The van der Waals surface area contributed by atoms with Crippen LogP contribution in [0.1, 0.15) is 30.5 Å². The molecule has 2 atom stereocenters. The highest BCUT2D eigenvalue weighted by Gasteiger charge is 2.37. The first kappa shape index (κ1) is 18.0. The monoisotopic (exact) mass is 353 g/mol. The van der Waals surface area contributed by atoms with Crippen LogP contribution in [-0.2, 0) is 20.9 Å². The standard InChI is InChI=1S/C21H23NO4/c1-15(17-8-10-19(25-2)11-9-17)22-13-18(12-20(22)23)21(24)26-14-16-6-4-3-5-7-16/h3-11,15,18H,12-14H2,1-2H3/t15-,18-/m0/s1. The van der Waals surface area contributed by atoms with E-state index in [0.29, 0.717) is 6.54 Å². The van der Waals surface area contributed by atoms with Crippen molar-refractivity contribution in [3.05, 3.63) is 65.7 Å². The first-order valence-electron chi connectivity index (χ1n) is 8.72. The summed E-state index contributed by atoms with van der Waals surface area (Å²) in [5.74, 6) is 0.0320. The second-order valence-corrected chi connectivity index (χ2v) is 6.49. The third-order valence-electron chi connectivity index (χ3n) is 4.78. The van der Waals surface area contributed by atoms with Gasteiger partial charge >= 0.3 is 5.97 Å². The Balaban J connectivity index is 1.59. The smallest absolute Gasteiger partial charge is 0.311 e. The lowest BCUT2D eigenvalue weighted by Crippen LogP contribution is -2.29. The lowest BCUT2D eigenvalue weighted by Gasteiger charge is -2.25. The zero-order chi connectivity index (χ0) is 18.5. The van der Waals surface area contributed by atoms with Crippen molar-refractivity contribution in [2.45, 2.75) is 26.0 Å². The Morgan fingerprint density at radius 3 is 2.50 bits per heavy atom. The molecule has 1 fully saturated rings. The SMILES string of the molecule is COc1ccc([C@H](C)N2C[C@@H](C(=O)OCc3ccccc3)CC2=O)cc1. The molecule has 5 nitrogen and oxygen atoms in total. The molecule has 1 aliphatic heterocycles. The molecule has 0 N–H and O–H groups in total. The van der Waals surface area contributed by atoms with Gasteiger partial charge in [0.05, 0.1) is 19.1 Å². The number of ether oxygens (including phenoxy) is 2. The molecule has 1 aliphatic rings. The molecule has 136 valence electrons. The summed E-state index contributed by atoms with van der Waals surface area (Å²) in [7, 11) is 1.62. The first-order valence-corrected chi connectivity index (χ1v) is 8.72. The van der Waals surface area contributed by atoms with Gasteiger partial charge in [-0.25, -0.2) is 0 Å². The molecule has 3 rings (SSSR count). The number of esters is 1. The molecule has 0 spiro atoms. The van der Waals surface area contributed by atoms with Crippen LogP contribution in [0.5, 0.6) is 5.75 Å². The summed E-state index contributed by atoms with van der Waals surface area (Å²) in [5, 5.41) is 0. The first-order chi connectivity index (χ1) is 12.6. The lowest BCUT2D eigenvalue weighted by atomic mass is 10.1. The van der Waals surface area contributed by atoms with Crippen LogP contribution in [0, 0.1) is 5.92 Å². The van der Waals surface area contributed by atoms with Crippen molar-refractivity contribution >= 4 is 11.9 Å². The predicted octanol–water partition coefficient (Wildman–Crippen LogP) is 3.35. The van der Waals surface area contributed by atoms with Crippen molar-refractivity contribution in [2.24, 2.45) is 5.92 Å². The lowest BCUT2D eigenvalue weighted by molar-refractivity contribution is -0.149. The largest absolute Gasteiger partial charge is 0.497 e. The predicted molar refractivity (Wildman–Crippen MR) is 97.5 cm³/mol. The van der Waals surface area contributed by atoms with E-state index >= 15 is 0 Å². The van der Waals surface area contributed by atoms with Crippen LogP contribution in [0.4, 0.5) is 0 Å². The minimum atomic E-state index is -0.410. The zero-order valence-corrected chi connectivity index (χ0v) is 15.1. The molecular weight excluding hydrogens is 330 g/mol. The Kier molecular flexibility index (Phi) is 5.56. The van der Waals surface area contributed by atoms with E-state index in [0.717, 1.165) is 16.9 Å². The number of carbonyl (C=O) groups excluding carboxylic acids is 2. The normalized spacial score (nSPS) is 17.8. The van der Waals surface area contributed by atoms with E-state index < -0.39 is 5.92 Å². The number of nitrogens with zero attached hydrogens (tertiary/aromatic N) is 1. The number of hydrogen-bond donors (Lipinski definition) is 0. The highest BCUT2D eigenvalue weighted by atomic mass is 16.5. The summed E-state index contributed by atoms with van der Waals surface area (Å²) in [5.41, 5.74) is 1.95. The Labute approximate surface area is 153 Å². The van der Waals surface area contributed by atoms with Crippen LogP contribution in [-0.4, -0.2) is 30.4 Å². The van der Waals surface area contributed by atoms with Gasteiger partial charge in [-0.3, -0.25) is 9.59 Å². The number of likely N-dealkylation sites (tertiary alicyclic amines) is 1. The molecule has 0 bridgehead atoms. The minimum absolute atomic E-state index is 0.0185. The molecule has 0 unspecified atom stereocenters. The average Bonchev–Trinajstić information content (AvgIpc) is 3.08. The fraction of sp³-hybridized carbons (Fsp3) is 0.333. The van der Waals surface area contributed by atoms with E-state index in [-0.39, 0.29) is 30.9 Å². The topological polar surface area (TPSA) is 55.8 Å². The van der Waals surface area contributed by atoms with Crippen LogP contribution in [0.2, 0.25) is 0 Å². The van der Waals surface area contributed by atoms with Gasteiger partial charge in [-0.15, -0.1) is 0 Å². The van der Waals surface area contributed by atoms with Crippen molar-refractivity contribution in [1.82, 2.24) is 4.90 Å². The molecule has 0 saturated carbocycles.